The highest BCUT2D eigenvalue weighted by molar-refractivity contribution is 5.78. The Morgan fingerprint density at radius 2 is 1.72 bits per heavy atom. The van der Waals surface area contributed by atoms with Gasteiger partial charge in [-0.15, -0.1) is 0 Å². The van der Waals surface area contributed by atoms with Gasteiger partial charge in [0.25, 0.3) is 10.9 Å². The fourth-order valence-electron chi connectivity index (χ4n) is 3.06. The molecule has 1 fully saturated rings. The maximum absolute atomic E-state index is 11.9. The van der Waals surface area contributed by atoms with Gasteiger partial charge in [-0.25, -0.2) is 4.98 Å². The van der Waals surface area contributed by atoms with Crippen molar-refractivity contribution in [2.75, 3.05) is 16.0 Å². The van der Waals surface area contributed by atoms with E-state index in [2.05, 4.69) is 25.9 Å². The van der Waals surface area contributed by atoms with E-state index in [1.807, 2.05) is 20.8 Å². The first-order chi connectivity index (χ1) is 11.8. The minimum atomic E-state index is -0.521. The number of nitrogens with zero attached hydrogens (tertiary/aromatic N) is 2. The lowest BCUT2D eigenvalue weighted by atomic mass is 9.96. The van der Waals surface area contributed by atoms with E-state index in [9.17, 15) is 9.59 Å². The molecule has 0 amide bonds. The van der Waals surface area contributed by atoms with E-state index in [0.717, 1.165) is 12.8 Å². The molecule has 2 aromatic rings. The van der Waals surface area contributed by atoms with E-state index < -0.39 is 10.9 Å². The fourth-order valence-corrected chi connectivity index (χ4v) is 3.06. The highest BCUT2D eigenvalue weighted by Crippen LogP contribution is 2.24. The monoisotopic (exact) mass is 343 g/mol. The molecule has 25 heavy (non-hydrogen) atoms. The maximum atomic E-state index is 11.9. The molecule has 0 atom stereocenters. The molecule has 0 aliphatic heterocycles. The third-order valence-corrected chi connectivity index (χ3v) is 4.26. The number of aromatic nitrogens is 2. The Morgan fingerprint density at radius 3 is 2.40 bits per heavy atom. The van der Waals surface area contributed by atoms with Crippen molar-refractivity contribution >= 4 is 23.1 Å². The molecular formula is C18H25N5O2. The van der Waals surface area contributed by atoms with Crippen molar-refractivity contribution in [1.82, 2.24) is 9.97 Å². The summed E-state index contributed by atoms with van der Waals surface area (Å²) in [7, 11) is 0. The molecule has 7 nitrogen and oxygen atoms in total. The fraction of sp³-hybridized carbons (Fsp3) is 0.556. The van der Waals surface area contributed by atoms with Gasteiger partial charge in [0.05, 0.1) is 0 Å². The van der Waals surface area contributed by atoms with Gasteiger partial charge >= 0.3 is 0 Å². The second kappa shape index (κ2) is 6.82. The number of nitrogens with one attached hydrogen (secondary N) is 3. The lowest BCUT2D eigenvalue weighted by Gasteiger charge is -2.25. The lowest BCUT2D eigenvalue weighted by Crippen LogP contribution is -2.41. The van der Waals surface area contributed by atoms with Gasteiger partial charge in [-0.3, -0.25) is 9.59 Å². The maximum Gasteiger partial charge on any atom is 0.253 e. The molecule has 0 saturated heterocycles. The average molecular weight is 343 g/mol. The number of hydrogen-bond donors (Lipinski definition) is 3. The van der Waals surface area contributed by atoms with Crippen LogP contribution in [0.4, 0.5) is 23.1 Å². The molecule has 0 bridgehead atoms. The third-order valence-electron chi connectivity index (χ3n) is 4.26. The molecule has 0 spiro atoms. The highest BCUT2D eigenvalue weighted by atomic mass is 16.2. The Labute approximate surface area is 147 Å². The van der Waals surface area contributed by atoms with Crippen LogP contribution in [0.15, 0.2) is 21.9 Å². The standard InChI is InChI=1S/C18H25N5O2/c1-18(2,3)23-14-13(15(24)16(14)25)21-12-9-10-19-17(22-12)20-11-7-5-4-6-8-11/h9-11,23H,4-8H2,1-3H3,(H2,19,20,21,22). The number of anilines is 4. The second-order valence-corrected chi connectivity index (χ2v) is 7.65. The summed E-state index contributed by atoms with van der Waals surface area (Å²) >= 11 is 0. The summed E-state index contributed by atoms with van der Waals surface area (Å²) in [6.45, 7) is 5.81. The van der Waals surface area contributed by atoms with Crippen LogP contribution in [0.2, 0.25) is 0 Å². The zero-order valence-electron chi connectivity index (χ0n) is 15.0. The minimum Gasteiger partial charge on any atom is -0.375 e. The van der Waals surface area contributed by atoms with Crippen molar-refractivity contribution < 1.29 is 0 Å². The molecule has 3 rings (SSSR count). The lowest BCUT2D eigenvalue weighted by molar-refractivity contribution is 0.461. The summed E-state index contributed by atoms with van der Waals surface area (Å²) in [5.74, 6) is 1.04. The number of hydrogen-bond acceptors (Lipinski definition) is 7. The van der Waals surface area contributed by atoms with Crippen molar-refractivity contribution in [3.05, 3.63) is 32.7 Å². The summed E-state index contributed by atoms with van der Waals surface area (Å²) in [6.07, 6.45) is 7.62. The van der Waals surface area contributed by atoms with Crippen LogP contribution in [0.25, 0.3) is 0 Å². The van der Waals surface area contributed by atoms with E-state index in [-0.39, 0.29) is 11.2 Å². The average Bonchev–Trinajstić information content (AvgIpc) is 2.58. The number of rotatable bonds is 5. The van der Waals surface area contributed by atoms with Crippen LogP contribution >= 0.6 is 0 Å². The third kappa shape index (κ3) is 4.15. The smallest absolute Gasteiger partial charge is 0.253 e. The first-order valence-electron chi connectivity index (χ1n) is 8.81. The Morgan fingerprint density at radius 1 is 1.04 bits per heavy atom. The summed E-state index contributed by atoms with van der Waals surface area (Å²) in [6, 6.07) is 2.08. The quantitative estimate of drug-likeness (QED) is 0.718. The molecule has 0 radical (unpaired) electrons. The summed E-state index contributed by atoms with van der Waals surface area (Å²) in [4.78, 5) is 32.4. The van der Waals surface area contributed by atoms with E-state index >= 15 is 0 Å². The van der Waals surface area contributed by atoms with Crippen LogP contribution in [0.1, 0.15) is 52.9 Å². The molecule has 7 heteroatoms. The highest BCUT2D eigenvalue weighted by Gasteiger charge is 2.25. The van der Waals surface area contributed by atoms with Crippen molar-refractivity contribution in [2.45, 2.75) is 64.5 Å². The molecule has 134 valence electrons. The van der Waals surface area contributed by atoms with Crippen LogP contribution < -0.4 is 26.8 Å². The minimum absolute atomic E-state index is 0.266. The molecule has 1 aliphatic carbocycles. The Kier molecular flexibility index (Phi) is 4.74. The molecule has 1 aliphatic rings. The van der Waals surface area contributed by atoms with Crippen molar-refractivity contribution in [2.24, 2.45) is 0 Å². The summed E-state index contributed by atoms with van der Waals surface area (Å²) < 4.78 is 0. The van der Waals surface area contributed by atoms with Crippen molar-refractivity contribution in [1.29, 1.82) is 0 Å². The predicted molar refractivity (Wildman–Crippen MR) is 101 cm³/mol. The molecule has 3 N–H and O–H groups in total. The molecule has 1 aromatic heterocycles. The van der Waals surface area contributed by atoms with Crippen LogP contribution in [0.5, 0.6) is 0 Å². The van der Waals surface area contributed by atoms with Gasteiger partial charge in [0, 0.05) is 17.8 Å². The van der Waals surface area contributed by atoms with Gasteiger partial charge in [0.1, 0.15) is 17.2 Å². The topological polar surface area (TPSA) is 96.0 Å². The molecule has 1 heterocycles. The first kappa shape index (κ1) is 17.4. The zero-order valence-corrected chi connectivity index (χ0v) is 15.0. The Bertz CT molecular complexity index is 812. The second-order valence-electron chi connectivity index (χ2n) is 7.65. The van der Waals surface area contributed by atoms with E-state index in [1.165, 1.54) is 19.3 Å². The van der Waals surface area contributed by atoms with Crippen LogP contribution in [-0.4, -0.2) is 21.5 Å². The largest absolute Gasteiger partial charge is 0.375 e. The van der Waals surface area contributed by atoms with Crippen LogP contribution in [-0.2, 0) is 0 Å². The normalized spacial score (nSPS) is 16.0. The van der Waals surface area contributed by atoms with E-state index in [0.29, 0.717) is 23.5 Å². The van der Waals surface area contributed by atoms with Crippen molar-refractivity contribution in [3.63, 3.8) is 0 Å². The Balaban J connectivity index is 1.73. The molecule has 1 aromatic carbocycles. The van der Waals surface area contributed by atoms with Gasteiger partial charge in [0.2, 0.25) is 5.95 Å². The Hall–Kier alpha value is -2.44. The van der Waals surface area contributed by atoms with Crippen LogP contribution in [0, 0.1) is 0 Å². The van der Waals surface area contributed by atoms with Crippen LogP contribution in [0.3, 0.4) is 0 Å². The van der Waals surface area contributed by atoms with E-state index in [4.69, 9.17) is 0 Å². The first-order valence-corrected chi connectivity index (χ1v) is 8.81. The van der Waals surface area contributed by atoms with E-state index in [1.54, 1.807) is 12.3 Å². The predicted octanol–water partition coefficient (Wildman–Crippen LogP) is 2.77. The zero-order chi connectivity index (χ0) is 18.0. The summed E-state index contributed by atoms with van der Waals surface area (Å²) in [5.41, 5.74) is -0.739. The van der Waals surface area contributed by atoms with Gasteiger partial charge in [0.15, 0.2) is 0 Å². The van der Waals surface area contributed by atoms with Gasteiger partial charge in [-0.1, -0.05) is 19.3 Å². The molecular weight excluding hydrogens is 318 g/mol. The van der Waals surface area contributed by atoms with Gasteiger partial charge in [-0.2, -0.15) is 4.98 Å². The SMILES string of the molecule is CC(C)(C)Nc1c(Nc2ccnc(NC3CCCCC3)n2)c(=O)c1=O. The van der Waals surface area contributed by atoms with Crippen molar-refractivity contribution in [3.8, 4) is 0 Å². The summed E-state index contributed by atoms with van der Waals surface area (Å²) in [5, 5.41) is 9.39. The molecule has 1 saturated carbocycles. The van der Waals surface area contributed by atoms with Gasteiger partial charge < -0.3 is 16.0 Å². The van der Waals surface area contributed by atoms with Gasteiger partial charge in [-0.05, 0) is 39.7 Å². The molecule has 0 unspecified atom stereocenters.